The summed E-state index contributed by atoms with van der Waals surface area (Å²) in [5.41, 5.74) is 3.21. The zero-order chi connectivity index (χ0) is 18.1. The Balaban J connectivity index is 1.98. The number of imidazole rings is 1. The first kappa shape index (κ1) is 17.2. The molecule has 25 heavy (non-hydrogen) atoms. The summed E-state index contributed by atoms with van der Waals surface area (Å²) in [6, 6.07) is 5.55. The Kier molecular flexibility index (Phi) is 4.59. The molecule has 3 rings (SSSR count). The molecule has 0 atom stereocenters. The number of rotatable bonds is 4. The third-order valence-electron chi connectivity index (χ3n) is 3.81. The molecule has 7 heteroatoms. The number of aryl methyl sites for hydroxylation is 3. The van der Waals surface area contributed by atoms with E-state index in [1.165, 1.54) is 11.3 Å². The van der Waals surface area contributed by atoms with Gasteiger partial charge in [0.05, 0.1) is 17.9 Å². The highest BCUT2D eigenvalue weighted by Gasteiger charge is 2.22. The van der Waals surface area contributed by atoms with Crippen LogP contribution in [0.2, 0.25) is 0 Å². The van der Waals surface area contributed by atoms with Gasteiger partial charge in [-0.05, 0) is 45.4 Å². The van der Waals surface area contributed by atoms with Crippen LogP contribution < -0.4 is 5.32 Å². The standard InChI is InChI=1S/C18H19N3O3S/c1-5-24-18(23)13-9-11(3)25-17(13)20-16(22)14-12(4)19-15-10(2)7-6-8-21(14)15/h6-9H,5H2,1-4H3,(H,20,22). The minimum atomic E-state index is -0.437. The molecule has 0 aliphatic rings. The van der Waals surface area contributed by atoms with Gasteiger partial charge in [-0.25, -0.2) is 9.78 Å². The number of nitrogens with zero attached hydrogens (tertiary/aromatic N) is 2. The molecule has 6 nitrogen and oxygen atoms in total. The zero-order valence-corrected chi connectivity index (χ0v) is 15.4. The van der Waals surface area contributed by atoms with Crippen LogP contribution in [-0.4, -0.2) is 27.9 Å². The summed E-state index contributed by atoms with van der Waals surface area (Å²) in [5.74, 6) is -0.740. The second-order valence-corrected chi connectivity index (χ2v) is 6.96. The second kappa shape index (κ2) is 6.68. The lowest BCUT2D eigenvalue weighted by atomic mass is 10.2. The van der Waals surface area contributed by atoms with Gasteiger partial charge in [-0.15, -0.1) is 11.3 Å². The SMILES string of the molecule is CCOC(=O)c1cc(C)sc1NC(=O)c1c(C)nc2c(C)cccn12. The third-order valence-corrected chi connectivity index (χ3v) is 4.78. The first-order valence-corrected chi connectivity index (χ1v) is 8.77. The predicted molar refractivity (Wildman–Crippen MR) is 97.6 cm³/mol. The van der Waals surface area contributed by atoms with Crippen LogP contribution in [0.1, 0.15) is 43.9 Å². The minimum absolute atomic E-state index is 0.284. The Labute approximate surface area is 149 Å². The van der Waals surface area contributed by atoms with Crippen molar-refractivity contribution in [2.45, 2.75) is 27.7 Å². The average Bonchev–Trinajstić information content (AvgIpc) is 3.08. The zero-order valence-electron chi connectivity index (χ0n) is 14.5. The molecule has 0 bridgehead atoms. The van der Waals surface area contributed by atoms with Crippen molar-refractivity contribution in [3.8, 4) is 0 Å². The van der Waals surface area contributed by atoms with Gasteiger partial charge in [-0.1, -0.05) is 6.07 Å². The van der Waals surface area contributed by atoms with E-state index in [9.17, 15) is 9.59 Å². The molecule has 3 heterocycles. The molecular weight excluding hydrogens is 338 g/mol. The van der Waals surface area contributed by atoms with Crippen molar-refractivity contribution in [1.29, 1.82) is 0 Å². The third kappa shape index (κ3) is 3.15. The Morgan fingerprint density at radius 1 is 1.32 bits per heavy atom. The molecule has 0 fully saturated rings. The number of amides is 1. The van der Waals surface area contributed by atoms with Gasteiger partial charge >= 0.3 is 5.97 Å². The number of thiophene rings is 1. The average molecular weight is 357 g/mol. The van der Waals surface area contributed by atoms with Gasteiger partial charge in [0.1, 0.15) is 16.3 Å². The number of hydrogen-bond donors (Lipinski definition) is 1. The summed E-state index contributed by atoms with van der Waals surface area (Å²) < 4.78 is 6.83. The monoisotopic (exact) mass is 357 g/mol. The quantitative estimate of drug-likeness (QED) is 0.722. The molecule has 0 spiro atoms. The Hall–Kier alpha value is -2.67. The topological polar surface area (TPSA) is 72.7 Å². The van der Waals surface area contributed by atoms with Crippen LogP contribution in [0.25, 0.3) is 5.65 Å². The predicted octanol–water partition coefficient (Wildman–Crippen LogP) is 3.75. The second-order valence-electron chi connectivity index (χ2n) is 5.71. The van der Waals surface area contributed by atoms with Crippen LogP contribution in [-0.2, 0) is 4.74 Å². The van der Waals surface area contributed by atoms with E-state index in [2.05, 4.69) is 10.3 Å². The Bertz CT molecular complexity index is 972. The molecule has 0 aliphatic carbocycles. The molecule has 0 aliphatic heterocycles. The lowest BCUT2D eigenvalue weighted by molar-refractivity contribution is 0.0528. The van der Waals surface area contributed by atoms with Crippen molar-refractivity contribution in [2.75, 3.05) is 11.9 Å². The maximum Gasteiger partial charge on any atom is 0.341 e. The number of hydrogen-bond acceptors (Lipinski definition) is 5. The van der Waals surface area contributed by atoms with Crippen molar-refractivity contribution < 1.29 is 14.3 Å². The Morgan fingerprint density at radius 3 is 2.80 bits per heavy atom. The highest BCUT2D eigenvalue weighted by Crippen LogP contribution is 2.29. The lowest BCUT2D eigenvalue weighted by Gasteiger charge is -2.07. The number of anilines is 1. The van der Waals surface area contributed by atoms with E-state index < -0.39 is 5.97 Å². The number of pyridine rings is 1. The van der Waals surface area contributed by atoms with Gasteiger partial charge < -0.3 is 10.1 Å². The van der Waals surface area contributed by atoms with Crippen molar-refractivity contribution in [1.82, 2.24) is 9.38 Å². The molecule has 0 unspecified atom stereocenters. The van der Waals surface area contributed by atoms with E-state index in [1.807, 2.05) is 32.2 Å². The van der Waals surface area contributed by atoms with Crippen LogP contribution >= 0.6 is 11.3 Å². The largest absolute Gasteiger partial charge is 0.462 e. The van der Waals surface area contributed by atoms with E-state index in [0.717, 1.165) is 16.1 Å². The van der Waals surface area contributed by atoms with Crippen LogP contribution in [0.5, 0.6) is 0 Å². The maximum atomic E-state index is 12.8. The lowest BCUT2D eigenvalue weighted by Crippen LogP contribution is -2.17. The van der Waals surface area contributed by atoms with Gasteiger partial charge in [0.15, 0.2) is 0 Å². The molecule has 0 radical (unpaired) electrons. The summed E-state index contributed by atoms with van der Waals surface area (Å²) in [7, 11) is 0. The molecule has 0 aromatic carbocycles. The summed E-state index contributed by atoms with van der Waals surface area (Å²) in [6.45, 7) is 7.66. The first-order valence-electron chi connectivity index (χ1n) is 7.95. The van der Waals surface area contributed by atoms with E-state index in [0.29, 0.717) is 22.0 Å². The molecular formula is C18H19N3O3S. The number of carbonyl (C=O) groups excluding carboxylic acids is 2. The van der Waals surface area contributed by atoms with Crippen molar-refractivity contribution in [3.05, 3.63) is 51.8 Å². The summed E-state index contributed by atoms with van der Waals surface area (Å²) in [6.07, 6.45) is 1.81. The van der Waals surface area contributed by atoms with Crippen LogP contribution in [0.3, 0.4) is 0 Å². The number of nitrogens with one attached hydrogen (secondary N) is 1. The number of esters is 1. The fourth-order valence-corrected chi connectivity index (χ4v) is 3.62. The highest BCUT2D eigenvalue weighted by molar-refractivity contribution is 7.16. The molecule has 3 aromatic rings. The Morgan fingerprint density at radius 2 is 2.08 bits per heavy atom. The van der Waals surface area contributed by atoms with E-state index in [4.69, 9.17) is 4.74 Å². The summed E-state index contributed by atoms with van der Waals surface area (Å²) >= 11 is 1.35. The minimum Gasteiger partial charge on any atom is -0.462 e. The highest BCUT2D eigenvalue weighted by atomic mass is 32.1. The fraction of sp³-hybridized carbons (Fsp3) is 0.278. The van der Waals surface area contributed by atoms with Gasteiger partial charge in [0.25, 0.3) is 5.91 Å². The van der Waals surface area contributed by atoms with Gasteiger partial charge in [-0.2, -0.15) is 0 Å². The number of ether oxygens (including phenoxy) is 1. The molecule has 1 N–H and O–H groups in total. The van der Waals surface area contributed by atoms with Crippen LogP contribution in [0, 0.1) is 20.8 Å². The number of fused-ring (bicyclic) bond motifs is 1. The van der Waals surface area contributed by atoms with E-state index >= 15 is 0 Å². The normalized spacial score (nSPS) is 10.9. The van der Waals surface area contributed by atoms with Crippen molar-refractivity contribution >= 4 is 33.9 Å². The van der Waals surface area contributed by atoms with Gasteiger partial charge in [-0.3, -0.25) is 9.20 Å². The van der Waals surface area contributed by atoms with Gasteiger partial charge in [0, 0.05) is 11.1 Å². The number of aromatic nitrogens is 2. The van der Waals surface area contributed by atoms with E-state index in [1.54, 1.807) is 24.3 Å². The van der Waals surface area contributed by atoms with Crippen molar-refractivity contribution in [2.24, 2.45) is 0 Å². The number of carbonyl (C=O) groups is 2. The molecule has 3 aromatic heterocycles. The molecule has 1 amide bonds. The fourth-order valence-electron chi connectivity index (χ4n) is 2.72. The van der Waals surface area contributed by atoms with E-state index in [-0.39, 0.29) is 12.5 Å². The maximum absolute atomic E-state index is 12.8. The molecule has 0 saturated carbocycles. The summed E-state index contributed by atoms with van der Waals surface area (Å²) in [5, 5.41) is 3.33. The summed E-state index contributed by atoms with van der Waals surface area (Å²) in [4.78, 5) is 30.3. The molecule has 130 valence electrons. The smallest absolute Gasteiger partial charge is 0.341 e. The first-order chi connectivity index (χ1) is 11.9. The van der Waals surface area contributed by atoms with Crippen molar-refractivity contribution in [3.63, 3.8) is 0 Å². The van der Waals surface area contributed by atoms with Crippen LogP contribution in [0.15, 0.2) is 24.4 Å². The van der Waals surface area contributed by atoms with Crippen LogP contribution in [0.4, 0.5) is 5.00 Å². The van der Waals surface area contributed by atoms with Gasteiger partial charge in [0.2, 0.25) is 0 Å². The molecule has 0 saturated heterocycles.